The topological polar surface area (TPSA) is 109 Å². The largest absolute Gasteiger partial charge is 0.444 e. The molecular formula is C17H16N4O4. The molecular weight excluding hydrogens is 324 g/mol. The van der Waals surface area contributed by atoms with Crippen LogP contribution in [-0.4, -0.2) is 22.0 Å². The van der Waals surface area contributed by atoms with Crippen LogP contribution in [0.5, 0.6) is 0 Å². The van der Waals surface area contributed by atoms with E-state index in [1.165, 1.54) is 12.3 Å². The van der Waals surface area contributed by atoms with Crippen molar-refractivity contribution in [1.82, 2.24) is 4.98 Å². The predicted octanol–water partition coefficient (Wildman–Crippen LogP) is 3.41. The quantitative estimate of drug-likeness (QED) is 0.609. The lowest BCUT2D eigenvalue weighted by molar-refractivity contribution is -0.384. The van der Waals surface area contributed by atoms with Crippen molar-refractivity contribution in [3.63, 3.8) is 0 Å². The monoisotopic (exact) mass is 340 g/mol. The first-order chi connectivity index (χ1) is 12.0. The van der Waals surface area contributed by atoms with Gasteiger partial charge in [-0.3, -0.25) is 15.0 Å². The summed E-state index contributed by atoms with van der Waals surface area (Å²) in [6.07, 6.45) is 0.477. The Balaban J connectivity index is 2.34. The van der Waals surface area contributed by atoms with E-state index in [0.717, 1.165) is 10.5 Å². The Morgan fingerprint density at radius 3 is 2.60 bits per heavy atom. The van der Waals surface area contributed by atoms with E-state index in [1.807, 2.05) is 18.2 Å². The minimum absolute atomic E-state index is 0.0225. The highest BCUT2D eigenvalue weighted by atomic mass is 16.6. The Morgan fingerprint density at radius 1 is 1.36 bits per heavy atom. The molecule has 0 bridgehead atoms. The van der Waals surface area contributed by atoms with E-state index in [9.17, 15) is 14.9 Å². The number of nitrogens with zero attached hydrogens (tertiary/aromatic N) is 4. The van der Waals surface area contributed by atoms with Crippen LogP contribution in [0.25, 0.3) is 0 Å². The first kappa shape index (κ1) is 17.9. The van der Waals surface area contributed by atoms with Gasteiger partial charge >= 0.3 is 11.8 Å². The summed E-state index contributed by atoms with van der Waals surface area (Å²) in [5, 5.41) is 20.5. The predicted molar refractivity (Wildman–Crippen MR) is 89.8 cm³/mol. The molecule has 8 heteroatoms. The lowest BCUT2D eigenvalue weighted by atomic mass is 10.2. The average molecular weight is 340 g/mol. The van der Waals surface area contributed by atoms with Gasteiger partial charge in [-0.2, -0.15) is 5.26 Å². The molecule has 0 unspecified atom stereocenters. The standard InChI is InChI=1S/C17H16N4O4/c1-12(2)20(17(22)25-11-13-6-4-3-5-7-13)16-15(21(23)24)14(10-18)8-9-19-16/h3-9,12H,11H2,1-2H3. The zero-order chi connectivity index (χ0) is 18.4. The molecule has 2 aromatic rings. The number of amides is 1. The molecule has 1 aromatic carbocycles. The molecule has 0 radical (unpaired) electrons. The van der Waals surface area contributed by atoms with E-state index in [-0.39, 0.29) is 18.0 Å². The molecule has 128 valence electrons. The average Bonchev–Trinajstić information content (AvgIpc) is 2.60. The van der Waals surface area contributed by atoms with Gasteiger partial charge in [0.15, 0.2) is 0 Å². The fraction of sp³-hybridized carbons (Fsp3) is 0.235. The highest BCUT2D eigenvalue weighted by molar-refractivity contribution is 5.90. The Morgan fingerprint density at radius 2 is 2.04 bits per heavy atom. The SMILES string of the molecule is CC(C)N(C(=O)OCc1ccccc1)c1nccc(C#N)c1[N+](=O)[O-]. The number of benzene rings is 1. The van der Waals surface area contributed by atoms with Crippen molar-refractivity contribution >= 4 is 17.6 Å². The number of nitriles is 1. The highest BCUT2D eigenvalue weighted by Gasteiger charge is 2.32. The summed E-state index contributed by atoms with van der Waals surface area (Å²) in [4.78, 5) is 28.1. The second-order valence-corrected chi connectivity index (χ2v) is 5.40. The number of nitro groups is 1. The number of hydrogen-bond acceptors (Lipinski definition) is 6. The van der Waals surface area contributed by atoms with E-state index in [2.05, 4.69) is 4.98 Å². The number of rotatable bonds is 5. The maximum absolute atomic E-state index is 12.5. The molecule has 0 spiro atoms. The van der Waals surface area contributed by atoms with Crippen LogP contribution in [0.1, 0.15) is 25.0 Å². The van der Waals surface area contributed by atoms with Gasteiger partial charge in [-0.25, -0.2) is 9.78 Å². The number of aromatic nitrogens is 1. The summed E-state index contributed by atoms with van der Waals surface area (Å²) in [5.41, 5.74) is 0.0969. The summed E-state index contributed by atoms with van der Waals surface area (Å²) < 4.78 is 5.26. The molecule has 2 rings (SSSR count). The molecule has 0 aliphatic heterocycles. The number of ether oxygens (including phenoxy) is 1. The van der Waals surface area contributed by atoms with Crippen LogP contribution >= 0.6 is 0 Å². The third-order valence-electron chi connectivity index (χ3n) is 3.35. The van der Waals surface area contributed by atoms with E-state index in [4.69, 9.17) is 10.00 Å². The second kappa shape index (κ2) is 7.88. The lowest BCUT2D eigenvalue weighted by Crippen LogP contribution is -2.38. The first-order valence-electron chi connectivity index (χ1n) is 7.49. The van der Waals surface area contributed by atoms with E-state index < -0.39 is 22.7 Å². The van der Waals surface area contributed by atoms with Gasteiger partial charge in [0, 0.05) is 12.2 Å². The Hall–Kier alpha value is -3.47. The van der Waals surface area contributed by atoms with Crippen LogP contribution in [0.3, 0.4) is 0 Å². The van der Waals surface area contributed by atoms with Crippen molar-refractivity contribution in [3.05, 3.63) is 63.8 Å². The normalized spacial score (nSPS) is 10.2. The smallest absolute Gasteiger partial charge is 0.416 e. The van der Waals surface area contributed by atoms with Gasteiger partial charge in [-0.15, -0.1) is 0 Å². The Bertz CT molecular complexity index is 815. The van der Waals surface area contributed by atoms with Crippen LogP contribution in [0.4, 0.5) is 16.3 Å². The van der Waals surface area contributed by atoms with Crippen LogP contribution in [0.15, 0.2) is 42.6 Å². The van der Waals surface area contributed by atoms with Gasteiger partial charge in [-0.05, 0) is 25.5 Å². The summed E-state index contributed by atoms with van der Waals surface area (Å²) in [6.45, 7) is 3.37. The number of pyridine rings is 1. The minimum atomic E-state index is -0.774. The summed E-state index contributed by atoms with van der Waals surface area (Å²) >= 11 is 0. The molecule has 0 saturated heterocycles. The van der Waals surface area contributed by atoms with Crippen LogP contribution in [0.2, 0.25) is 0 Å². The third-order valence-corrected chi connectivity index (χ3v) is 3.35. The molecule has 0 N–H and O–H groups in total. The molecule has 8 nitrogen and oxygen atoms in total. The van der Waals surface area contributed by atoms with Gasteiger partial charge in [0.1, 0.15) is 18.2 Å². The van der Waals surface area contributed by atoms with Crippen molar-refractivity contribution < 1.29 is 14.5 Å². The zero-order valence-electron chi connectivity index (χ0n) is 13.7. The van der Waals surface area contributed by atoms with E-state index in [0.29, 0.717) is 0 Å². The van der Waals surface area contributed by atoms with Crippen LogP contribution in [0, 0.1) is 21.4 Å². The maximum Gasteiger partial charge on any atom is 0.416 e. The number of anilines is 1. The lowest BCUT2D eigenvalue weighted by Gasteiger charge is -2.24. The Kier molecular flexibility index (Phi) is 5.63. The zero-order valence-corrected chi connectivity index (χ0v) is 13.7. The van der Waals surface area contributed by atoms with Gasteiger partial charge in [0.25, 0.3) is 0 Å². The maximum atomic E-state index is 12.5. The minimum Gasteiger partial charge on any atom is -0.444 e. The third kappa shape index (κ3) is 4.09. The van der Waals surface area contributed by atoms with Gasteiger partial charge in [0.2, 0.25) is 5.82 Å². The molecule has 0 saturated carbocycles. The number of hydrogen-bond donors (Lipinski definition) is 0. The van der Waals surface area contributed by atoms with Crippen molar-refractivity contribution in [2.45, 2.75) is 26.5 Å². The van der Waals surface area contributed by atoms with E-state index >= 15 is 0 Å². The highest BCUT2D eigenvalue weighted by Crippen LogP contribution is 2.30. The van der Waals surface area contributed by atoms with Crippen molar-refractivity contribution in [2.75, 3.05) is 4.90 Å². The summed E-state index contributed by atoms with van der Waals surface area (Å²) in [7, 11) is 0. The number of carbonyl (C=O) groups excluding carboxylic acids is 1. The fourth-order valence-corrected chi connectivity index (χ4v) is 2.22. The molecule has 0 fully saturated rings. The summed E-state index contributed by atoms with van der Waals surface area (Å²) in [6, 6.07) is 11.6. The fourth-order valence-electron chi connectivity index (χ4n) is 2.22. The van der Waals surface area contributed by atoms with Crippen molar-refractivity contribution in [1.29, 1.82) is 5.26 Å². The molecule has 1 aromatic heterocycles. The Labute approximate surface area is 144 Å². The van der Waals surface area contributed by atoms with Crippen molar-refractivity contribution in [3.8, 4) is 6.07 Å². The second-order valence-electron chi connectivity index (χ2n) is 5.40. The molecule has 1 amide bonds. The first-order valence-corrected chi connectivity index (χ1v) is 7.49. The van der Waals surface area contributed by atoms with Gasteiger partial charge < -0.3 is 4.74 Å². The molecule has 0 atom stereocenters. The van der Waals surface area contributed by atoms with Gasteiger partial charge in [-0.1, -0.05) is 30.3 Å². The number of carbonyl (C=O) groups is 1. The van der Waals surface area contributed by atoms with Gasteiger partial charge in [0.05, 0.1) is 4.92 Å². The van der Waals surface area contributed by atoms with Crippen LogP contribution in [-0.2, 0) is 11.3 Å². The molecule has 0 aliphatic rings. The molecule has 1 heterocycles. The van der Waals surface area contributed by atoms with Crippen LogP contribution < -0.4 is 4.90 Å². The van der Waals surface area contributed by atoms with E-state index in [1.54, 1.807) is 32.0 Å². The summed E-state index contributed by atoms with van der Waals surface area (Å²) in [5.74, 6) is -0.211. The van der Waals surface area contributed by atoms with Crippen molar-refractivity contribution in [2.24, 2.45) is 0 Å². The molecule has 25 heavy (non-hydrogen) atoms. The molecule has 0 aliphatic carbocycles.